The van der Waals surface area contributed by atoms with Gasteiger partial charge < -0.3 is 30.2 Å². The van der Waals surface area contributed by atoms with Gasteiger partial charge in [0, 0.05) is 47.5 Å². The third-order valence-electron chi connectivity index (χ3n) is 5.00. The summed E-state index contributed by atoms with van der Waals surface area (Å²) in [6.45, 7) is 1.13. The summed E-state index contributed by atoms with van der Waals surface area (Å²) >= 11 is 3.41. The van der Waals surface area contributed by atoms with Crippen LogP contribution in [0.25, 0.3) is 10.4 Å². The van der Waals surface area contributed by atoms with Crippen molar-refractivity contribution >= 4 is 33.8 Å². The lowest BCUT2D eigenvalue weighted by Gasteiger charge is -2.20. The van der Waals surface area contributed by atoms with Gasteiger partial charge >= 0.3 is 18.2 Å². The molecule has 1 atom stereocenters. The average Bonchev–Trinajstić information content (AvgIpc) is 2.91. The Morgan fingerprint density at radius 3 is 2.20 bits per heavy atom. The maximum absolute atomic E-state index is 12.3. The molecule has 1 unspecified atom stereocenters. The summed E-state index contributed by atoms with van der Waals surface area (Å²) in [5.74, 6) is -2.13. The first kappa shape index (κ1) is 35.0. The molecule has 0 radical (unpaired) electrons. The molecule has 0 aliphatic carbocycles. The molecule has 224 valence electrons. The number of hydrogen-bond acceptors (Lipinski definition) is 7. The maximum atomic E-state index is 12.3. The quantitative estimate of drug-likeness (QED) is 0.0618. The molecule has 40 heavy (non-hydrogen) atoms. The van der Waals surface area contributed by atoms with E-state index in [2.05, 4.69) is 36.6 Å². The van der Waals surface area contributed by atoms with Gasteiger partial charge in [-0.15, -0.1) is 0 Å². The molecule has 0 aliphatic heterocycles. The smallest absolute Gasteiger partial charge is 0.449 e. The van der Waals surface area contributed by atoms with Crippen LogP contribution in [0, 0.1) is 0 Å². The number of azide groups is 1. The third-order valence-corrected chi connectivity index (χ3v) is 5.73. The molecule has 0 saturated carbocycles. The van der Waals surface area contributed by atoms with Crippen LogP contribution in [0.5, 0.6) is 0 Å². The van der Waals surface area contributed by atoms with Gasteiger partial charge in [-0.2, -0.15) is 13.2 Å². The van der Waals surface area contributed by atoms with Crippen molar-refractivity contribution < 1.29 is 41.8 Å². The van der Waals surface area contributed by atoms with E-state index in [1.165, 1.54) is 0 Å². The second-order valence-electron chi connectivity index (χ2n) is 8.23. The lowest BCUT2D eigenvalue weighted by atomic mass is 10.2. The summed E-state index contributed by atoms with van der Waals surface area (Å²) in [5.41, 5.74) is 8.86. The van der Waals surface area contributed by atoms with Crippen LogP contribution in [0.2, 0.25) is 0 Å². The van der Waals surface area contributed by atoms with Gasteiger partial charge in [0.15, 0.2) is 6.29 Å². The number of unbranched alkanes of at least 4 members (excludes halogenated alkanes) is 1. The van der Waals surface area contributed by atoms with Crippen molar-refractivity contribution in [3.05, 3.63) is 44.7 Å². The maximum Gasteiger partial charge on any atom is 0.471 e. The van der Waals surface area contributed by atoms with Crippen LogP contribution >= 0.6 is 15.9 Å². The first-order chi connectivity index (χ1) is 19.1. The number of hydrogen-bond donors (Lipinski definition) is 3. The summed E-state index contributed by atoms with van der Waals surface area (Å²) in [6.07, 6.45) is -3.75. The molecule has 0 aromatic heterocycles. The minimum absolute atomic E-state index is 0.0343. The average molecular weight is 639 g/mol. The largest absolute Gasteiger partial charge is 0.471 e. The van der Waals surface area contributed by atoms with Crippen LogP contribution in [-0.2, 0) is 23.8 Å². The zero-order valence-corrected chi connectivity index (χ0v) is 23.5. The van der Waals surface area contributed by atoms with E-state index < -0.39 is 24.5 Å². The van der Waals surface area contributed by atoms with Crippen molar-refractivity contribution in [2.75, 3.05) is 46.0 Å². The van der Waals surface area contributed by atoms with Gasteiger partial charge in [-0.25, -0.2) is 4.79 Å². The van der Waals surface area contributed by atoms with Crippen molar-refractivity contribution in [1.82, 2.24) is 16.0 Å². The highest BCUT2D eigenvalue weighted by Crippen LogP contribution is 2.27. The Labute approximate surface area is 238 Å². The number of ether oxygens (including phenoxy) is 3. The fourth-order valence-corrected chi connectivity index (χ4v) is 3.50. The SMILES string of the molecule is [N-]=[N+]=NCCCCC(=O)NCCCOC(=O)NCCCOC(OCCCNC(=O)C(F)(F)F)c1ccccc1Br. The van der Waals surface area contributed by atoms with Crippen molar-refractivity contribution in [2.24, 2.45) is 5.11 Å². The molecule has 0 saturated heterocycles. The Morgan fingerprint density at radius 1 is 0.925 bits per heavy atom. The van der Waals surface area contributed by atoms with E-state index >= 15 is 0 Å². The van der Waals surface area contributed by atoms with Gasteiger partial charge in [-0.3, -0.25) is 9.59 Å². The highest BCUT2D eigenvalue weighted by atomic mass is 79.9. The fourth-order valence-electron chi connectivity index (χ4n) is 3.03. The van der Waals surface area contributed by atoms with Crippen LogP contribution in [0.3, 0.4) is 0 Å². The van der Waals surface area contributed by atoms with Gasteiger partial charge in [-0.05, 0) is 43.7 Å². The normalized spacial score (nSPS) is 11.7. The van der Waals surface area contributed by atoms with E-state index in [0.29, 0.717) is 55.2 Å². The van der Waals surface area contributed by atoms with E-state index in [1.807, 2.05) is 0 Å². The van der Waals surface area contributed by atoms with E-state index in [0.717, 1.165) is 0 Å². The fraction of sp³-hybridized carbons (Fsp3) is 0.625. The number of carbonyl (C=O) groups is 3. The lowest BCUT2D eigenvalue weighted by molar-refractivity contribution is -0.173. The number of nitrogens with one attached hydrogen (secondary N) is 3. The predicted molar refractivity (Wildman–Crippen MR) is 142 cm³/mol. The zero-order chi connectivity index (χ0) is 29.6. The summed E-state index contributed by atoms with van der Waals surface area (Å²) in [7, 11) is 0. The molecule has 0 bridgehead atoms. The van der Waals surface area contributed by atoms with Crippen molar-refractivity contribution in [2.45, 2.75) is 51.0 Å². The number of halogens is 4. The van der Waals surface area contributed by atoms with Crippen LogP contribution in [0.15, 0.2) is 33.9 Å². The molecule has 0 spiro atoms. The first-order valence-electron chi connectivity index (χ1n) is 12.7. The predicted octanol–water partition coefficient (Wildman–Crippen LogP) is 4.65. The Morgan fingerprint density at radius 2 is 1.55 bits per heavy atom. The number of carbonyl (C=O) groups excluding carboxylic acids is 3. The van der Waals surface area contributed by atoms with E-state index in [4.69, 9.17) is 19.7 Å². The summed E-state index contributed by atoms with van der Waals surface area (Å²) < 4.78 is 54.0. The first-order valence-corrected chi connectivity index (χ1v) is 13.4. The van der Waals surface area contributed by atoms with E-state index in [-0.39, 0.29) is 45.2 Å². The third kappa shape index (κ3) is 16.8. The molecular formula is C24H34BrF3N6O6. The second kappa shape index (κ2) is 20.8. The number of nitrogens with zero attached hydrogens (tertiary/aromatic N) is 3. The van der Waals surface area contributed by atoms with Gasteiger partial charge in [0.1, 0.15) is 0 Å². The highest BCUT2D eigenvalue weighted by molar-refractivity contribution is 9.10. The minimum Gasteiger partial charge on any atom is -0.449 e. The van der Waals surface area contributed by atoms with Gasteiger partial charge in [0.25, 0.3) is 0 Å². The lowest BCUT2D eigenvalue weighted by Crippen LogP contribution is -2.37. The number of benzene rings is 1. The summed E-state index contributed by atoms with van der Waals surface area (Å²) in [4.78, 5) is 37.0. The van der Waals surface area contributed by atoms with Crippen LogP contribution in [0.1, 0.15) is 50.4 Å². The van der Waals surface area contributed by atoms with Crippen molar-refractivity contribution in [1.29, 1.82) is 0 Å². The standard InChI is InChI=1S/C24H34BrF3N6O6/c25-19-9-2-1-8-18(19)21(38-15-6-12-31-22(36)24(26,27)28)39-16-7-13-32-23(37)40-17-5-11-30-20(35)10-3-4-14-33-34-29/h1-2,8-9,21H,3-7,10-17H2,(H,30,35)(H,31,36)(H,32,37). The summed E-state index contributed by atoms with van der Waals surface area (Å²) in [5, 5.41) is 10.5. The Hall–Kier alpha value is -3.07. The Balaban J connectivity index is 2.23. The Kier molecular flexibility index (Phi) is 18.2. The molecule has 3 N–H and O–H groups in total. The Bertz CT molecular complexity index is 965. The minimum atomic E-state index is -4.93. The van der Waals surface area contributed by atoms with Gasteiger partial charge in [-0.1, -0.05) is 39.2 Å². The number of amides is 3. The van der Waals surface area contributed by atoms with Crippen molar-refractivity contribution in [3.63, 3.8) is 0 Å². The number of alkyl carbamates (subject to hydrolysis) is 1. The van der Waals surface area contributed by atoms with Crippen LogP contribution in [-0.4, -0.2) is 70.1 Å². The molecule has 1 aromatic rings. The molecule has 0 heterocycles. The monoisotopic (exact) mass is 638 g/mol. The molecule has 12 nitrogen and oxygen atoms in total. The number of alkyl halides is 3. The molecule has 16 heteroatoms. The molecular weight excluding hydrogens is 605 g/mol. The molecule has 1 rings (SSSR count). The van der Waals surface area contributed by atoms with Crippen molar-refractivity contribution in [3.8, 4) is 0 Å². The topological polar surface area (TPSA) is 164 Å². The second-order valence-corrected chi connectivity index (χ2v) is 9.09. The molecule has 3 amide bonds. The molecule has 0 fully saturated rings. The molecule has 0 aliphatic rings. The van der Waals surface area contributed by atoms with E-state index in [1.54, 1.807) is 29.6 Å². The molecule has 1 aromatic carbocycles. The van der Waals surface area contributed by atoms with Gasteiger partial charge in [0.2, 0.25) is 5.91 Å². The van der Waals surface area contributed by atoms with Gasteiger partial charge in [0.05, 0.1) is 19.8 Å². The zero-order valence-electron chi connectivity index (χ0n) is 21.9. The summed E-state index contributed by atoms with van der Waals surface area (Å²) in [6, 6.07) is 7.14. The highest BCUT2D eigenvalue weighted by Gasteiger charge is 2.38. The number of rotatable bonds is 20. The van der Waals surface area contributed by atoms with E-state index in [9.17, 15) is 27.6 Å². The van der Waals surface area contributed by atoms with Crippen LogP contribution in [0.4, 0.5) is 18.0 Å². The van der Waals surface area contributed by atoms with Crippen LogP contribution < -0.4 is 16.0 Å².